The van der Waals surface area contributed by atoms with Crippen LogP contribution in [-0.2, 0) is 4.79 Å². The molecule has 1 aromatic carbocycles. The van der Waals surface area contributed by atoms with Crippen molar-refractivity contribution in [3.8, 4) is 11.4 Å². The summed E-state index contributed by atoms with van der Waals surface area (Å²) < 4.78 is 0. The lowest BCUT2D eigenvalue weighted by Gasteiger charge is -2.13. The van der Waals surface area contributed by atoms with E-state index in [1.807, 2.05) is 38.1 Å². The van der Waals surface area contributed by atoms with Crippen LogP contribution in [0.1, 0.15) is 25.6 Å². The molecule has 0 fully saturated rings. The maximum absolute atomic E-state index is 12.0. The van der Waals surface area contributed by atoms with Crippen molar-refractivity contribution in [2.24, 2.45) is 5.73 Å². The number of nitrogens with zero attached hydrogens (tertiary/aromatic N) is 2. The van der Waals surface area contributed by atoms with Crippen LogP contribution in [-0.4, -0.2) is 27.1 Å². The molecule has 0 saturated carbocycles. The lowest BCUT2D eigenvalue weighted by Crippen LogP contribution is -2.35. The minimum Gasteiger partial charge on any atom is -0.324 e. The van der Waals surface area contributed by atoms with Gasteiger partial charge in [0.25, 0.3) is 0 Å². The average molecular weight is 273 g/mol. The summed E-state index contributed by atoms with van der Waals surface area (Å²) in [6.45, 7) is 3.83. The molecule has 0 spiro atoms. The van der Waals surface area contributed by atoms with Crippen LogP contribution in [0.15, 0.2) is 24.3 Å². The Balaban J connectivity index is 2.22. The minimum absolute atomic E-state index is 0.188. The summed E-state index contributed by atoms with van der Waals surface area (Å²) in [6.07, 6.45) is 1.53. The van der Waals surface area contributed by atoms with Gasteiger partial charge in [0.15, 0.2) is 5.82 Å². The summed E-state index contributed by atoms with van der Waals surface area (Å²) >= 11 is 0. The van der Waals surface area contributed by atoms with E-state index >= 15 is 0 Å². The fourth-order valence-corrected chi connectivity index (χ4v) is 1.92. The van der Waals surface area contributed by atoms with Gasteiger partial charge >= 0.3 is 0 Å². The Labute approximate surface area is 117 Å². The van der Waals surface area contributed by atoms with Crippen molar-refractivity contribution in [3.05, 3.63) is 30.1 Å². The van der Waals surface area contributed by atoms with E-state index in [0.29, 0.717) is 17.9 Å². The molecule has 6 nitrogen and oxygen atoms in total. The van der Waals surface area contributed by atoms with Crippen molar-refractivity contribution >= 4 is 11.6 Å². The molecule has 1 amide bonds. The molecule has 20 heavy (non-hydrogen) atoms. The second-order valence-corrected chi connectivity index (χ2v) is 4.67. The van der Waals surface area contributed by atoms with Crippen LogP contribution >= 0.6 is 0 Å². The molecule has 106 valence electrons. The second kappa shape index (κ2) is 6.29. The van der Waals surface area contributed by atoms with Crippen LogP contribution in [0.4, 0.5) is 5.69 Å². The van der Waals surface area contributed by atoms with E-state index in [1.165, 1.54) is 0 Å². The Morgan fingerprint density at radius 1 is 1.45 bits per heavy atom. The van der Waals surface area contributed by atoms with Crippen molar-refractivity contribution in [3.63, 3.8) is 0 Å². The van der Waals surface area contributed by atoms with Crippen LogP contribution in [0, 0.1) is 6.92 Å². The van der Waals surface area contributed by atoms with Crippen molar-refractivity contribution < 1.29 is 4.79 Å². The summed E-state index contributed by atoms with van der Waals surface area (Å²) in [7, 11) is 0. The highest BCUT2D eigenvalue weighted by Crippen LogP contribution is 2.24. The number of aromatic amines is 1. The highest BCUT2D eigenvalue weighted by Gasteiger charge is 2.15. The van der Waals surface area contributed by atoms with E-state index in [1.54, 1.807) is 0 Å². The number of anilines is 1. The summed E-state index contributed by atoms with van der Waals surface area (Å²) in [4.78, 5) is 16.3. The lowest BCUT2D eigenvalue weighted by molar-refractivity contribution is -0.117. The Morgan fingerprint density at radius 2 is 2.20 bits per heavy atom. The fourth-order valence-electron chi connectivity index (χ4n) is 1.92. The molecule has 4 N–H and O–H groups in total. The van der Waals surface area contributed by atoms with Gasteiger partial charge in [-0.05, 0) is 25.5 Å². The van der Waals surface area contributed by atoms with Gasteiger partial charge < -0.3 is 11.1 Å². The number of aromatic nitrogens is 3. The maximum Gasteiger partial charge on any atom is 0.241 e. The van der Waals surface area contributed by atoms with Crippen LogP contribution in [0.2, 0.25) is 0 Å². The van der Waals surface area contributed by atoms with Gasteiger partial charge in [-0.3, -0.25) is 9.89 Å². The third kappa shape index (κ3) is 3.21. The van der Waals surface area contributed by atoms with Gasteiger partial charge in [0.1, 0.15) is 5.82 Å². The first kappa shape index (κ1) is 14.2. The number of carbonyl (C=O) groups is 1. The lowest BCUT2D eigenvalue weighted by atomic mass is 10.1. The van der Waals surface area contributed by atoms with E-state index in [4.69, 9.17) is 5.73 Å². The Hall–Kier alpha value is -2.21. The van der Waals surface area contributed by atoms with Crippen molar-refractivity contribution in [1.29, 1.82) is 0 Å². The summed E-state index contributed by atoms with van der Waals surface area (Å²) in [5.41, 5.74) is 7.26. The quantitative estimate of drug-likeness (QED) is 0.774. The van der Waals surface area contributed by atoms with Gasteiger partial charge in [0, 0.05) is 5.56 Å². The zero-order valence-corrected chi connectivity index (χ0v) is 11.7. The highest BCUT2D eigenvalue weighted by atomic mass is 16.2. The summed E-state index contributed by atoms with van der Waals surface area (Å²) in [5.74, 6) is 1.10. The van der Waals surface area contributed by atoms with Crippen molar-refractivity contribution in [1.82, 2.24) is 15.2 Å². The molecule has 0 saturated heterocycles. The first-order valence-electron chi connectivity index (χ1n) is 6.66. The fraction of sp³-hybridized carbons (Fsp3) is 0.357. The highest BCUT2D eigenvalue weighted by molar-refractivity contribution is 5.97. The number of aryl methyl sites for hydroxylation is 1. The number of nitrogens with two attached hydrogens (primary N) is 1. The molecular weight excluding hydrogens is 254 g/mol. The third-order valence-corrected chi connectivity index (χ3v) is 2.96. The molecule has 0 aliphatic rings. The minimum atomic E-state index is -0.498. The number of hydrogen-bond acceptors (Lipinski definition) is 4. The summed E-state index contributed by atoms with van der Waals surface area (Å²) in [6, 6.07) is 6.91. The number of para-hydroxylation sites is 1. The van der Waals surface area contributed by atoms with Crippen LogP contribution in [0.25, 0.3) is 11.4 Å². The van der Waals surface area contributed by atoms with Gasteiger partial charge in [0.2, 0.25) is 5.91 Å². The first-order chi connectivity index (χ1) is 9.61. The number of H-pyrrole nitrogens is 1. The van der Waals surface area contributed by atoms with Gasteiger partial charge in [-0.15, -0.1) is 0 Å². The van der Waals surface area contributed by atoms with Gasteiger partial charge in [-0.25, -0.2) is 4.98 Å². The van der Waals surface area contributed by atoms with Crippen LogP contribution in [0.5, 0.6) is 0 Å². The monoisotopic (exact) mass is 273 g/mol. The number of carbonyl (C=O) groups excluding carboxylic acids is 1. The molecule has 0 aliphatic heterocycles. The van der Waals surface area contributed by atoms with Gasteiger partial charge in [-0.1, -0.05) is 25.5 Å². The molecule has 6 heteroatoms. The number of hydrogen-bond donors (Lipinski definition) is 3. The normalized spacial score (nSPS) is 12.2. The Bertz CT molecular complexity index is 593. The molecule has 0 radical (unpaired) electrons. The predicted octanol–water partition coefficient (Wildman–Crippen LogP) is 1.85. The number of amides is 1. The smallest absolute Gasteiger partial charge is 0.241 e. The molecule has 2 aromatic rings. The summed E-state index contributed by atoms with van der Waals surface area (Å²) in [5, 5.41) is 9.75. The Kier molecular flexibility index (Phi) is 4.47. The van der Waals surface area contributed by atoms with Crippen molar-refractivity contribution in [2.45, 2.75) is 32.7 Å². The zero-order chi connectivity index (χ0) is 14.5. The molecule has 1 aromatic heterocycles. The van der Waals surface area contributed by atoms with E-state index in [-0.39, 0.29) is 5.91 Å². The number of nitrogens with one attached hydrogen (secondary N) is 2. The van der Waals surface area contributed by atoms with E-state index in [2.05, 4.69) is 20.5 Å². The van der Waals surface area contributed by atoms with Gasteiger partial charge in [0.05, 0.1) is 11.7 Å². The molecule has 1 atom stereocenters. The predicted molar refractivity (Wildman–Crippen MR) is 78.1 cm³/mol. The van der Waals surface area contributed by atoms with Gasteiger partial charge in [-0.2, -0.15) is 5.10 Å². The Morgan fingerprint density at radius 3 is 2.85 bits per heavy atom. The topological polar surface area (TPSA) is 96.7 Å². The standard InChI is InChI=1S/C14H19N5O/c1-3-6-11(15)14(20)17-12-8-5-4-7-10(12)13-16-9(2)18-19-13/h4-5,7-8,11H,3,6,15H2,1-2H3,(H,17,20)(H,16,18,19). The number of benzene rings is 1. The SMILES string of the molecule is CCCC(N)C(=O)Nc1ccccc1-c1n[nH]c(C)n1. The van der Waals surface area contributed by atoms with E-state index in [9.17, 15) is 4.79 Å². The molecule has 0 aliphatic carbocycles. The maximum atomic E-state index is 12.0. The van der Waals surface area contributed by atoms with Crippen LogP contribution in [0.3, 0.4) is 0 Å². The largest absolute Gasteiger partial charge is 0.324 e. The molecule has 0 bridgehead atoms. The second-order valence-electron chi connectivity index (χ2n) is 4.67. The molecule has 1 heterocycles. The molecule has 2 rings (SSSR count). The number of rotatable bonds is 5. The van der Waals surface area contributed by atoms with Crippen molar-refractivity contribution in [2.75, 3.05) is 5.32 Å². The van der Waals surface area contributed by atoms with E-state index in [0.717, 1.165) is 17.8 Å². The molecular formula is C14H19N5O. The van der Waals surface area contributed by atoms with Crippen LogP contribution < -0.4 is 11.1 Å². The van der Waals surface area contributed by atoms with E-state index < -0.39 is 6.04 Å². The zero-order valence-electron chi connectivity index (χ0n) is 11.7. The average Bonchev–Trinajstić information content (AvgIpc) is 2.86. The first-order valence-corrected chi connectivity index (χ1v) is 6.66. The molecule has 1 unspecified atom stereocenters. The third-order valence-electron chi connectivity index (χ3n) is 2.96.